The van der Waals surface area contributed by atoms with Gasteiger partial charge in [0.2, 0.25) is 0 Å². The fourth-order valence-corrected chi connectivity index (χ4v) is 3.20. The molecule has 0 saturated heterocycles. The highest BCUT2D eigenvalue weighted by Gasteiger charge is 2.15. The van der Waals surface area contributed by atoms with Crippen LogP contribution < -0.4 is 5.32 Å². The van der Waals surface area contributed by atoms with E-state index in [4.69, 9.17) is 4.74 Å². The summed E-state index contributed by atoms with van der Waals surface area (Å²) in [6.45, 7) is 6.28. The van der Waals surface area contributed by atoms with Crippen LogP contribution in [0.2, 0.25) is 0 Å². The summed E-state index contributed by atoms with van der Waals surface area (Å²) < 4.78 is 4.92. The predicted molar refractivity (Wildman–Crippen MR) is 81.6 cm³/mol. The lowest BCUT2D eigenvalue weighted by Gasteiger charge is -2.09. The van der Waals surface area contributed by atoms with Crippen LogP contribution in [0, 0.1) is 0 Å². The summed E-state index contributed by atoms with van der Waals surface area (Å²) in [5, 5.41) is 6.69. The van der Waals surface area contributed by atoms with Gasteiger partial charge >= 0.3 is 5.97 Å². The average molecular weight is 311 g/mol. The van der Waals surface area contributed by atoms with Gasteiger partial charge in [-0.1, -0.05) is 6.92 Å². The number of hydrogen-bond acceptors (Lipinski definition) is 7. The van der Waals surface area contributed by atoms with Crippen LogP contribution >= 0.6 is 22.7 Å². The molecule has 108 valence electrons. The van der Waals surface area contributed by atoms with Gasteiger partial charge in [-0.25, -0.2) is 14.8 Å². The summed E-state index contributed by atoms with van der Waals surface area (Å²) in [6, 6.07) is 0.0708. The molecule has 2 aromatic heterocycles. The molecule has 7 heteroatoms. The molecule has 0 amide bonds. The number of carbonyl (C=O) groups excluding carboxylic acids is 1. The Bertz CT molecular complexity index is 580. The zero-order chi connectivity index (χ0) is 14.5. The van der Waals surface area contributed by atoms with Crippen molar-refractivity contribution in [3.8, 4) is 0 Å². The maximum Gasteiger partial charge on any atom is 0.357 e. The molecule has 0 radical (unpaired) electrons. The molecule has 2 rings (SSSR count). The molecule has 20 heavy (non-hydrogen) atoms. The van der Waals surface area contributed by atoms with Crippen molar-refractivity contribution in [3.05, 3.63) is 27.2 Å². The summed E-state index contributed by atoms with van der Waals surface area (Å²) in [4.78, 5) is 21.4. The number of nitrogens with one attached hydrogen (secondary N) is 1. The summed E-state index contributed by atoms with van der Waals surface area (Å²) >= 11 is 3.09. The normalized spacial score (nSPS) is 12.2. The first-order chi connectivity index (χ1) is 9.63. The Balaban J connectivity index is 2.01. The molecule has 2 aromatic rings. The number of thiazole rings is 2. The molecule has 1 atom stereocenters. The van der Waals surface area contributed by atoms with Gasteiger partial charge in [0.25, 0.3) is 0 Å². The van der Waals surface area contributed by atoms with E-state index in [9.17, 15) is 4.79 Å². The van der Waals surface area contributed by atoms with Crippen molar-refractivity contribution in [2.45, 2.75) is 33.2 Å². The monoisotopic (exact) mass is 311 g/mol. The SMILES string of the molecule is CCOC(=O)c1csc(NC(C)c2ncc(CC)s2)n1. The minimum absolute atomic E-state index is 0.0708. The van der Waals surface area contributed by atoms with Crippen LogP contribution in [0.4, 0.5) is 5.13 Å². The second-order valence-corrected chi connectivity index (χ2v) is 6.15. The molecule has 1 unspecified atom stereocenters. The molecule has 0 aliphatic rings. The van der Waals surface area contributed by atoms with Crippen molar-refractivity contribution in [2.24, 2.45) is 0 Å². The van der Waals surface area contributed by atoms with Gasteiger partial charge in [0.15, 0.2) is 10.8 Å². The summed E-state index contributed by atoms with van der Waals surface area (Å²) in [5.74, 6) is -0.382. The van der Waals surface area contributed by atoms with Gasteiger partial charge in [-0.05, 0) is 20.3 Å². The van der Waals surface area contributed by atoms with E-state index in [1.165, 1.54) is 16.2 Å². The zero-order valence-electron chi connectivity index (χ0n) is 11.7. The first-order valence-corrected chi connectivity index (χ1v) is 8.17. The van der Waals surface area contributed by atoms with Gasteiger partial charge in [0.05, 0.1) is 12.6 Å². The van der Waals surface area contributed by atoms with Crippen LogP contribution in [0.15, 0.2) is 11.6 Å². The van der Waals surface area contributed by atoms with E-state index in [0.29, 0.717) is 17.4 Å². The van der Waals surface area contributed by atoms with Gasteiger partial charge in [-0.15, -0.1) is 22.7 Å². The van der Waals surface area contributed by atoms with Crippen molar-refractivity contribution >= 4 is 33.8 Å². The first kappa shape index (κ1) is 14.9. The number of aromatic nitrogens is 2. The third kappa shape index (κ3) is 3.55. The van der Waals surface area contributed by atoms with E-state index in [2.05, 4.69) is 22.2 Å². The summed E-state index contributed by atoms with van der Waals surface area (Å²) in [7, 11) is 0. The van der Waals surface area contributed by atoms with Crippen LogP contribution in [0.1, 0.15) is 47.2 Å². The zero-order valence-corrected chi connectivity index (χ0v) is 13.3. The Morgan fingerprint density at radius 1 is 1.50 bits per heavy atom. The Morgan fingerprint density at radius 2 is 2.30 bits per heavy atom. The molecule has 2 heterocycles. The number of rotatable bonds is 6. The highest BCUT2D eigenvalue weighted by atomic mass is 32.1. The molecule has 0 saturated carbocycles. The summed E-state index contributed by atoms with van der Waals surface area (Å²) in [5.41, 5.74) is 0.347. The third-order valence-corrected chi connectivity index (χ3v) is 4.72. The number of hydrogen-bond donors (Lipinski definition) is 1. The van der Waals surface area contributed by atoms with E-state index < -0.39 is 0 Å². The number of ether oxygens (including phenoxy) is 1. The topological polar surface area (TPSA) is 64.1 Å². The van der Waals surface area contributed by atoms with Crippen LogP contribution in [0.3, 0.4) is 0 Å². The summed E-state index contributed by atoms with van der Waals surface area (Å²) in [6.07, 6.45) is 2.90. The van der Waals surface area contributed by atoms with Gasteiger partial charge < -0.3 is 10.1 Å². The van der Waals surface area contributed by atoms with Gasteiger partial charge in [0.1, 0.15) is 5.01 Å². The largest absolute Gasteiger partial charge is 0.461 e. The number of nitrogens with zero attached hydrogens (tertiary/aromatic N) is 2. The number of carbonyl (C=O) groups is 1. The molecule has 5 nitrogen and oxygen atoms in total. The Labute approximate surface area is 126 Å². The van der Waals surface area contributed by atoms with Gasteiger partial charge in [0, 0.05) is 16.5 Å². The highest BCUT2D eigenvalue weighted by Crippen LogP contribution is 2.25. The lowest BCUT2D eigenvalue weighted by molar-refractivity contribution is 0.0520. The Kier molecular flexibility index (Phi) is 5.08. The maximum atomic E-state index is 11.5. The quantitative estimate of drug-likeness (QED) is 0.827. The molecule has 0 aliphatic carbocycles. The molecule has 0 fully saturated rings. The van der Waals surface area contributed by atoms with Gasteiger partial charge in [-0.2, -0.15) is 0 Å². The first-order valence-electron chi connectivity index (χ1n) is 6.47. The lowest BCUT2D eigenvalue weighted by Crippen LogP contribution is -2.08. The van der Waals surface area contributed by atoms with E-state index in [1.54, 1.807) is 23.6 Å². The van der Waals surface area contributed by atoms with Crippen LogP contribution in [0.25, 0.3) is 0 Å². The fourth-order valence-electron chi connectivity index (χ4n) is 1.57. The van der Waals surface area contributed by atoms with Crippen LogP contribution in [0.5, 0.6) is 0 Å². The number of esters is 1. The minimum Gasteiger partial charge on any atom is -0.461 e. The predicted octanol–water partition coefficient (Wildman–Crippen LogP) is 3.51. The van der Waals surface area contributed by atoms with Crippen molar-refractivity contribution in [3.63, 3.8) is 0 Å². The van der Waals surface area contributed by atoms with Crippen molar-refractivity contribution < 1.29 is 9.53 Å². The van der Waals surface area contributed by atoms with Crippen molar-refractivity contribution in [1.29, 1.82) is 0 Å². The van der Waals surface area contributed by atoms with Gasteiger partial charge in [-0.3, -0.25) is 0 Å². The highest BCUT2D eigenvalue weighted by molar-refractivity contribution is 7.14. The van der Waals surface area contributed by atoms with Crippen LogP contribution in [-0.4, -0.2) is 22.5 Å². The van der Waals surface area contributed by atoms with E-state index in [1.807, 2.05) is 13.1 Å². The standard InChI is InChI=1S/C13H17N3O2S2/c1-4-9-6-14-11(20-9)8(3)15-13-16-10(7-19-13)12(17)18-5-2/h6-8H,4-5H2,1-3H3,(H,15,16). The lowest BCUT2D eigenvalue weighted by atomic mass is 10.4. The molecular weight excluding hydrogens is 294 g/mol. The maximum absolute atomic E-state index is 11.5. The second kappa shape index (κ2) is 6.81. The van der Waals surface area contributed by atoms with E-state index in [0.717, 1.165) is 11.4 Å². The van der Waals surface area contributed by atoms with E-state index >= 15 is 0 Å². The third-order valence-electron chi connectivity index (χ3n) is 2.62. The molecule has 0 aliphatic heterocycles. The van der Waals surface area contributed by atoms with E-state index in [-0.39, 0.29) is 12.0 Å². The fraction of sp³-hybridized carbons (Fsp3) is 0.462. The minimum atomic E-state index is -0.382. The van der Waals surface area contributed by atoms with Crippen molar-refractivity contribution in [2.75, 3.05) is 11.9 Å². The van der Waals surface area contributed by atoms with Crippen molar-refractivity contribution in [1.82, 2.24) is 9.97 Å². The van der Waals surface area contributed by atoms with Crippen LogP contribution in [-0.2, 0) is 11.2 Å². The number of aryl methyl sites for hydroxylation is 1. The Morgan fingerprint density at radius 3 is 2.95 bits per heavy atom. The smallest absolute Gasteiger partial charge is 0.357 e. The molecule has 0 bridgehead atoms. The molecule has 1 N–H and O–H groups in total. The Hall–Kier alpha value is -1.47. The molecule has 0 aromatic carbocycles. The average Bonchev–Trinajstić information content (AvgIpc) is 3.07. The number of anilines is 1. The second-order valence-electron chi connectivity index (χ2n) is 4.14. The molecule has 0 spiro atoms. The molecular formula is C13H17N3O2S2.